The number of hydrogen-bond donors (Lipinski definition) is 5. The molecule has 1 fully saturated rings. The second kappa shape index (κ2) is 14.3. The summed E-state index contributed by atoms with van der Waals surface area (Å²) >= 11 is 0. The van der Waals surface area contributed by atoms with Crippen LogP contribution in [0.3, 0.4) is 0 Å². The molecule has 160 valence electrons. The van der Waals surface area contributed by atoms with Crippen molar-refractivity contribution >= 4 is 5.91 Å². The van der Waals surface area contributed by atoms with E-state index in [1.54, 1.807) is 0 Å². The van der Waals surface area contributed by atoms with E-state index < -0.39 is 37.3 Å². The maximum Gasteiger partial charge on any atom is 0.220 e. The Morgan fingerprint density at radius 2 is 1.37 bits per heavy atom. The molecule has 0 aliphatic carbocycles. The Balaban J connectivity index is 2.07. The quantitative estimate of drug-likeness (QED) is 0.288. The molecule has 7 heteroatoms. The standard InChI is InChI=1S/C20H39NO6/c1-2-3-4-5-6-7-8-9-10-11-12-13-16(23)21-17-19(25)18(24)15(14-22)27-20(17)26/h15,17-20,22,24-26H,2-14H2,1H3,(H,21,23)/t15-,17-,18-,19-,20?/m1/s1. The van der Waals surface area contributed by atoms with Gasteiger partial charge >= 0.3 is 0 Å². The van der Waals surface area contributed by atoms with Gasteiger partial charge < -0.3 is 30.5 Å². The molecule has 1 amide bonds. The van der Waals surface area contributed by atoms with Crippen molar-refractivity contribution in [1.82, 2.24) is 5.32 Å². The number of unbranched alkanes of at least 4 members (excludes halogenated alkanes) is 10. The van der Waals surface area contributed by atoms with Crippen molar-refractivity contribution in [3.63, 3.8) is 0 Å². The third-order valence-corrected chi connectivity index (χ3v) is 5.24. The molecule has 7 nitrogen and oxygen atoms in total. The number of nitrogens with one attached hydrogen (secondary N) is 1. The molecule has 27 heavy (non-hydrogen) atoms. The Labute approximate surface area is 163 Å². The van der Waals surface area contributed by atoms with Crippen molar-refractivity contribution in [2.45, 2.75) is 115 Å². The van der Waals surface area contributed by atoms with Crippen LogP contribution in [0.2, 0.25) is 0 Å². The van der Waals surface area contributed by atoms with Gasteiger partial charge in [-0.15, -0.1) is 0 Å². The Morgan fingerprint density at radius 1 is 0.852 bits per heavy atom. The first-order valence-corrected chi connectivity index (χ1v) is 10.6. The molecule has 0 aromatic carbocycles. The molecule has 0 aromatic heterocycles. The number of rotatable bonds is 14. The summed E-state index contributed by atoms with van der Waals surface area (Å²) < 4.78 is 5.02. The molecular formula is C20H39NO6. The fourth-order valence-electron chi connectivity index (χ4n) is 3.46. The summed E-state index contributed by atoms with van der Waals surface area (Å²) in [5.74, 6) is -0.285. The first-order chi connectivity index (χ1) is 13.0. The third-order valence-electron chi connectivity index (χ3n) is 5.24. The average molecular weight is 390 g/mol. The number of ether oxygens (including phenoxy) is 1. The highest BCUT2D eigenvalue weighted by atomic mass is 16.6. The number of carbonyl (C=O) groups excluding carboxylic acids is 1. The topological polar surface area (TPSA) is 119 Å². The lowest BCUT2D eigenvalue weighted by atomic mass is 9.97. The number of aliphatic hydroxyl groups excluding tert-OH is 4. The molecule has 1 aliphatic heterocycles. The minimum Gasteiger partial charge on any atom is -0.394 e. The van der Waals surface area contributed by atoms with Crippen molar-refractivity contribution in [3.05, 3.63) is 0 Å². The van der Waals surface area contributed by atoms with Crippen LogP contribution in [0.4, 0.5) is 0 Å². The van der Waals surface area contributed by atoms with Gasteiger partial charge in [-0.3, -0.25) is 4.79 Å². The smallest absolute Gasteiger partial charge is 0.220 e. The fraction of sp³-hybridized carbons (Fsp3) is 0.950. The minimum atomic E-state index is -1.46. The van der Waals surface area contributed by atoms with Crippen LogP contribution >= 0.6 is 0 Å². The van der Waals surface area contributed by atoms with E-state index >= 15 is 0 Å². The number of aliphatic hydroxyl groups is 4. The zero-order valence-corrected chi connectivity index (χ0v) is 16.7. The highest BCUT2D eigenvalue weighted by Gasteiger charge is 2.44. The van der Waals surface area contributed by atoms with E-state index in [0.717, 1.165) is 19.3 Å². The molecule has 1 saturated heterocycles. The molecule has 5 N–H and O–H groups in total. The van der Waals surface area contributed by atoms with Crippen LogP contribution in [0.25, 0.3) is 0 Å². The van der Waals surface area contributed by atoms with E-state index in [2.05, 4.69) is 12.2 Å². The monoisotopic (exact) mass is 389 g/mol. The second-order valence-corrected chi connectivity index (χ2v) is 7.61. The van der Waals surface area contributed by atoms with Gasteiger partial charge in [-0.05, 0) is 6.42 Å². The summed E-state index contributed by atoms with van der Waals surface area (Å²) in [6.45, 7) is 1.71. The maximum atomic E-state index is 12.0. The Morgan fingerprint density at radius 3 is 1.89 bits per heavy atom. The first-order valence-electron chi connectivity index (χ1n) is 10.6. The molecule has 0 spiro atoms. The van der Waals surface area contributed by atoms with E-state index in [1.165, 1.54) is 51.4 Å². The van der Waals surface area contributed by atoms with Gasteiger partial charge in [-0.25, -0.2) is 0 Å². The van der Waals surface area contributed by atoms with Crippen LogP contribution in [-0.4, -0.2) is 63.6 Å². The van der Waals surface area contributed by atoms with Crippen LogP contribution in [0.5, 0.6) is 0 Å². The van der Waals surface area contributed by atoms with Gasteiger partial charge in [0.05, 0.1) is 6.61 Å². The summed E-state index contributed by atoms with van der Waals surface area (Å²) in [6, 6.07) is -1.09. The van der Waals surface area contributed by atoms with Gasteiger partial charge in [0.15, 0.2) is 6.29 Å². The summed E-state index contributed by atoms with van der Waals surface area (Å²) in [7, 11) is 0. The van der Waals surface area contributed by atoms with Crippen molar-refractivity contribution in [3.8, 4) is 0 Å². The van der Waals surface area contributed by atoms with Gasteiger partial charge in [-0.1, -0.05) is 71.1 Å². The van der Waals surface area contributed by atoms with Crippen molar-refractivity contribution in [2.75, 3.05) is 6.61 Å². The van der Waals surface area contributed by atoms with Gasteiger partial charge in [0, 0.05) is 6.42 Å². The molecule has 0 radical (unpaired) electrons. The van der Waals surface area contributed by atoms with E-state index in [1.807, 2.05) is 0 Å². The lowest BCUT2D eigenvalue weighted by molar-refractivity contribution is -0.253. The van der Waals surface area contributed by atoms with Crippen LogP contribution in [0, 0.1) is 0 Å². The average Bonchev–Trinajstić information content (AvgIpc) is 2.66. The lowest BCUT2D eigenvalue weighted by Crippen LogP contribution is -2.64. The van der Waals surface area contributed by atoms with Gasteiger partial charge in [0.2, 0.25) is 5.91 Å². The molecule has 0 bridgehead atoms. The van der Waals surface area contributed by atoms with Crippen molar-refractivity contribution in [2.24, 2.45) is 0 Å². The SMILES string of the molecule is CCCCCCCCCCCCCC(=O)N[C@H]1C(O)O[C@H](CO)[C@@H](O)[C@@H]1O. The molecule has 1 unspecified atom stereocenters. The van der Waals surface area contributed by atoms with Gasteiger partial charge in [-0.2, -0.15) is 0 Å². The molecule has 1 rings (SSSR count). The summed E-state index contributed by atoms with van der Waals surface area (Å²) in [5, 5.41) is 41.2. The van der Waals surface area contributed by atoms with E-state index in [0.29, 0.717) is 6.42 Å². The number of hydrogen-bond acceptors (Lipinski definition) is 6. The Bertz CT molecular complexity index is 395. The molecule has 0 saturated carbocycles. The normalized spacial score (nSPS) is 28.3. The Kier molecular flexibility index (Phi) is 12.9. The van der Waals surface area contributed by atoms with Crippen LogP contribution < -0.4 is 5.32 Å². The van der Waals surface area contributed by atoms with E-state index in [9.17, 15) is 20.1 Å². The second-order valence-electron chi connectivity index (χ2n) is 7.61. The third kappa shape index (κ3) is 9.34. The highest BCUT2D eigenvalue weighted by Crippen LogP contribution is 2.20. The highest BCUT2D eigenvalue weighted by molar-refractivity contribution is 5.76. The first kappa shape index (κ1) is 24.3. The summed E-state index contributed by atoms with van der Waals surface area (Å²) in [6.07, 6.45) is 8.25. The molecule has 1 aliphatic rings. The predicted molar refractivity (Wildman–Crippen MR) is 103 cm³/mol. The Hall–Kier alpha value is -0.730. The maximum absolute atomic E-state index is 12.0. The van der Waals surface area contributed by atoms with E-state index in [-0.39, 0.29) is 5.91 Å². The van der Waals surface area contributed by atoms with Crippen LogP contribution in [0.1, 0.15) is 84.0 Å². The predicted octanol–water partition coefficient (Wildman–Crippen LogP) is 1.60. The van der Waals surface area contributed by atoms with Crippen LogP contribution in [-0.2, 0) is 9.53 Å². The van der Waals surface area contributed by atoms with Crippen molar-refractivity contribution in [1.29, 1.82) is 0 Å². The number of carbonyl (C=O) groups is 1. The molecular weight excluding hydrogens is 350 g/mol. The minimum absolute atomic E-state index is 0.285. The van der Waals surface area contributed by atoms with Crippen molar-refractivity contribution < 1.29 is 30.0 Å². The fourth-order valence-corrected chi connectivity index (χ4v) is 3.46. The molecule has 0 aromatic rings. The zero-order valence-electron chi connectivity index (χ0n) is 16.7. The summed E-state index contributed by atoms with van der Waals surface area (Å²) in [4.78, 5) is 12.0. The lowest BCUT2D eigenvalue weighted by Gasteiger charge is -2.40. The zero-order chi connectivity index (χ0) is 20.1. The number of amides is 1. The summed E-state index contributed by atoms with van der Waals surface area (Å²) in [5.41, 5.74) is 0. The largest absolute Gasteiger partial charge is 0.394 e. The van der Waals surface area contributed by atoms with Crippen LogP contribution in [0.15, 0.2) is 0 Å². The molecule has 1 heterocycles. The van der Waals surface area contributed by atoms with Gasteiger partial charge in [0.1, 0.15) is 24.4 Å². The molecule has 5 atom stereocenters. The van der Waals surface area contributed by atoms with Gasteiger partial charge in [0.25, 0.3) is 0 Å². The van der Waals surface area contributed by atoms with E-state index in [4.69, 9.17) is 9.84 Å².